The van der Waals surface area contributed by atoms with Crippen LogP contribution in [-0.4, -0.2) is 14.6 Å². The quantitative estimate of drug-likeness (QED) is 0.716. The normalized spacial score (nSPS) is 11.1. The zero-order valence-corrected chi connectivity index (χ0v) is 11.3. The average molecular weight is 251 g/mol. The molecule has 0 unspecified atom stereocenters. The van der Waals surface area contributed by atoms with Gasteiger partial charge in [-0.1, -0.05) is 35.9 Å². The molecule has 0 saturated carbocycles. The van der Waals surface area contributed by atoms with E-state index in [1.165, 1.54) is 11.1 Å². The maximum atomic E-state index is 4.56. The fraction of sp³-hybridized carbons (Fsp3) is 0.250. The van der Waals surface area contributed by atoms with E-state index in [0.29, 0.717) is 0 Å². The number of aryl methyl sites for hydroxylation is 4. The Morgan fingerprint density at radius 1 is 0.947 bits per heavy atom. The van der Waals surface area contributed by atoms with Crippen LogP contribution in [0.25, 0.3) is 5.65 Å². The van der Waals surface area contributed by atoms with Crippen LogP contribution in [0, 0.1) is 13.8 Å². The van der Waals surface area contributed by atoms with Crippen LogP contribution in [0.3, 0.4) is 0 Å². The Balaban J connectivity index is 1.78. The van der Waals surface area contributed by atoms with Gasteiger partial charge in [-0.05, 0) is 38.0 Å². The van der Waals surface area contributed by atoms with Crippen LogP contribution < -0.4 is 0 Å². The minimum atomic E-state index is 0.879. The first-order valence-electron chi connectivity index (χ1n) is 6.59. The van der Waals surface area contributed by atoms with Crippen molar-refractivity contribution in [3.05, 3.63) is 65.1 Å². The molecule has 1 aromatic carbocycles. The monoisotopic (exact) mass is 251 g/mol. The highest BCUT2D eigenvalue weighted by Gasteiger charge is 2.05. The summed E-state index contributed by atoms with van der Waals surface area (Å²) in [6, 6.07) is 14.7. The van der Waals surface area contributed by atoms with E-state index >= 15 is 0 Å². The number of hydrogen-bond donors (Lipinski definition) is 0. The molecule has 0 N–H and O–H groups in total. The van der Waals surface area contributed by atoms with E-state index in [9.17, 15) is 0 Å². The van der Waals surface area contributed by atoms with Gasteiger partial charge >= 0.3 is 0 Å². The third kappa shape index (κ3) is 2.50. The van der Waals surface area contributed by atoms with Gasteiger partial charge in [0.1, 0.15) is 0 Å². The van der Waals surface area contributed by atoms with E-state index in [1.807, 2.05) is 29.6 Å². The van der Waals surface area contributed by atoms with Crippen molar-refractivity contribution in [3.8, 4) is 0 Å². The third-order valence-electron chi connectivity index (χ3n) is 3.35. The maximum Gasteiger partial charge on any atom is 0.155 e. The zero-order valence-electron chi connectivity index (χ0n) is 11.3. The second kappa shape index (κ2) is 4.84. The SMILES string of the molecule is Cc1ccc(CCc2nc3cccc(C)n3n2)cc1. The number of nitrogens with zero attached hydrogens (tertiary/aromatic N) is 3. The van der Waals surface area contributed by atoms with Crippen molar-refractivity contribution in [2.75, 3.05) is 0 Å². The van der Waals surface area contributed by atoms with Gasteiger partial charge in [-0.2, -0.15) is 5.10 Å². The van der Waals surface area contributed by atoms with Gasteiger partial charge in [-0.25, -0.2) is 9.50 Å². The second-order valence-corrected chi connectivity index (χ2v) is 4.95. The molecule has 2 aromatic heterocycles. The van der Waals surface area contributed by atoms with Crippen LogP contribution in [-0.2, 0) is 12.8 Å². The van der Waals surface area contributed by atoms with E-state index in [2.05, 4.69) is 41.3 Å². The summed E-state index contributed by atoms with van der Waals surface area (Å²) in [5.74, 6) is 0.912. The fourth-order valence-electron chi connectivity index (χ4n) is 2.20. The van der Waals surface area contributed by atoms with Crippen molar-refractivity contribution in [1.82, 2.24) is 14.6 Å². The Kier molecular flexibility index (Phi) is 3.03. The lowest BCUT2D eigenvalue weighted by Crippen LogP contribution is -1.96. The predicted molar refractivity (Wildman–Crippen MR) is 76.3 cm³/mol. The van der Waals surface area contributed by atoms with Crippen LogP contribution in [0.15, 0.2) is 42.5 Å². The molecule has 0 spiro atoms. The van der Waals surface area contributed by atoms with Crippen molar-refractivity contribution in [2.45, 2.75) is 26.7 Å². The van der Waals surface area contributed by atoms with Gasteiger partial charge in [0.15, 0.2) is 11.5 Å². The summed E-state index contributed by atoms with van der Waals surface area (Å²) >= 11 is 0. The Labute approximate surface area is 112 Å². The molecule has 0 radical (unpaired) electrons. The summed E-state index contributed by atoms with van der Waals surface area (Å²) in [7, 11) is 0. The van der Waals surface area contributed by atoms with Gasteiger partial charge in [0.25, 0.3) is 0 Å². The molecule has 3 aromatic rings. The number of benzene rings is 1. The van der Waals surface area contributed by atoms with Crippen LogP contribution in [0.2, 0.25) is 0 Å². The van der Waals surface area contributed by atoms with Gasteiger partial charge in [0.2, 0.25) is 0 Å². The molecule has 0 aliphatic heterocycles. The molecule has 0 amide bonds. The van der Waals surface area contributed by atoms with E-state index in [1.54, 1.807) is 0 Å². The Morgan fingerprint density at radius 2 is 1.74 bits per heavy atom. The number of aromatic nitrogens is 3. The van der Waals surface area contributed by atoms with Gasteiger partial charge in [0, 0.05) is 12.1 Å². The first kappa shape index (κ1) is 11.9. The number of pyridine rings is 1. The molecule has 2 heterocycles. The minimum Gasteiger partial charge on any atom is -0.218 e. The summed E-state index contributed by atoms with van der Waals surface area (Å²) in [6.07, 6.45) is 1.86. The molecular formula is C16H17N3. The molecule has 3 rings (SSSR count). The molecule has 19 heavy (non-hydrogen) atoms. The minimum absolute atomic E-state index is 0.879. The fourth-order valence-corrected chi connectivity index (χ4v) is 2.20. The van der Waals surface area contributed by atoms with Crippen molar-refractivity contribution >= 4 is 5.65 Å². The summed E-state index contributed by atoms with van der Waals surface area (Å²) in [6.45, 7) is 4.15. The van der Waals surface area contributed by atoms with Gasteiger partial charge in [-0.3, -0.25) is 0 Å². The highest BCUT2D eigenvalue weighted by molar-refractivity contribution is 5.38. The Bertz CT molecular complexity index is 696. The first-order chi connectivity index (χ1) is 9.22. The number of fused-ring (bicyclic) bond motifs is 1. The Morgan fingerprint density at radius 3 is 2.47 bits per heavy atom. The summed E-state index contributed by atoms with van der Waals surface area (Å²) < 4.78 is 1.91. The lowest BCUT2D eigenvalue weighted by molar-refractivity contribution is 0.823. The van der Waals surface area contributed by atoms with Crippen molar-refractivity contribution in [3.63, 3.8) is 0 Å². The molecule has 0 fully saturated rings. The third-order valence-corrected chi connectivity index (χ3v) is 3.35. The smallest absolute Gasteiger partial charge is 0.155 e. The van der Waals surface area contributed by atoms with E-state index in [-0.39, 0.29) is 0 Å². The molecule has 3 nitrogen and oxygen atoms in total. The summed E-state index contributed by atoms with van der Waals surface area (Å²) in [5, 5.41) is 4.55. The lowest BCUT2D eigenvalue weighted by Gasteiger charge is -1.99. The molecule has 96 valence electrons. The van der Waals surface area contributed by atoms with Gasteiger partial charge in [0.05, 0.1) is 0 Å². The maximum absolute atomic E-state index is 4.56. The average Bonchev–Trinajstić information content (AvgIpc) is 2.83. The predicted octanol–water partition coefficient (Wildman–Crippen LogP) is 3.13. The highest BCUT2D eigenvalue weighted by Crippen LogP contribution is 2.09. The standard InChI is InChI=1S/C16H17N3/c1-12-6-8-14(9-7-12)10-11-15-17-16-5-3-4-13(2)19(16)18-15/h3-9H,10-11H2,1-2H3. The van der Waals surface area contributed by atoms with Crippen molar-refractivity contribution in [2.24, 2.45) is 0 Å². The van der Waals surface area contributed by atoms with E-state index in [4.69, 9.17) is 0 Å². The lowest BCUT2D eigenvalue weighted by atomic mass is 10.1. The first-order valence-corrected chi connectivity index (χ1v) is 6.59. The van der Waals surface area contributed by atoms with Gasteiger partial charge in [-0.15, -0.1) is 0 Å². The van der Waals surface area contributed by atoms with E-state index in [0.717, 1.165) is 30.0 Å². The van der Waals surface area contributed by atoms with Crippen molar-refractivity contribution < 1.29 is 0 Å². The van der Waals surface area contributed by atoms with Crippen LogP contribution in [0.4, 0.5) is 0 Å². The number of hydrogen-bond acceptors (Lipinski definition) is 2. The van der Waals surface area contributed by atoms with Crippen LogP contribution in [0.5, 0.6) is 0 Å². The summed E-state index contributed by atoms with van der Waals surface area (Å²) in [4.78, 5) is 4.56. The van der Waals surface area contributed by atoms with Crippen molar-refractivity contribution in [1.29, 1.82) is 0 Å². The largest absolute Gasteiger partial charge is 0.218 e. The molecular weight excluding hydrogens is 234 g/mol. The molecule has 0 aliphatic rings. The zero-order chi connectivity index (χ0) is 13.2. The summed E-state index contributed by atoms with van der Waals surface area (Å²) in [5.41, 5.74) is 4.68. The Hall–Kier alpha value is -2.16. The molecule has 3 heteroatoms. The molecule has 0 aliphatic carbocycles. The highest BCUT2D eigenvalue weighted by atomic mass is 15.3. The number of rotatable bonds is 3. The van der Waals surface area contributed by atoms with Crippen LogP contribution in [0.1, 0.15) is 22.6 Å². The van der Waals surface area contributed by atoms with E-state index < -0.39 is 0 Å². The topological polar surface area (TPSA) is 30.2 Å². The molecule has 0 bridgehead atoms. The second-order valence-electron chi connectivity index (χ2n) is 4.95. The molecule has 0 atom stereocenters. The molecule has 0 saturated heterocycles. The van der Waals surface area contributed by atoms with Crippen LogP contribution >= 0.6 is 0 Å². The van der Waals surface area contributed by atoms with Gasteiger partial charge < -0.3 is 0 Å².